The third-order valence-corrected chi connectivity index (χ3v) is 8.10. The number of likely N-dealkylation sites (tertiary alicyclic amines) is 1. The molecule has 198 valence electrons. The van der Waals surface area contributed by atoms with Crippen LogP contribution in [-0.4, -0.2) is 76.7 Å². The van der Waals surface area contributed by atoms with Crippen LogP contribution in [0.4, 0.5) is 0 Å². The molecule has 2 saturated heterocycles. The molecule has 0 radical (unpaired) electrons. The molecule has 1 aromatic rings. The lowest BCUT2D eigenvalue weighted by Gasteiger charge is -2.38. The molecule has 0 saturated carbocycles. The summed E-state index contributed by atoms with van der Waals surface area (Å²) >= 11 is 0. The van der Waals surface area contributed by atoms with Crippen LogP contribution in [0.5, 0.6) is 0 Å². The summed E-state index contributed by atoms with van der Waals surface area (Å²) in [6.07, 6.45) is 11.1. The van der Waals surface area contributed by atoms with Gasteiger partial charge in [-0.25, -0.2) is 0 Å². The Labute approximate surface area is 217 Å². The summed E-state index contributed by atoms with van der Waals surface area (Å²) in [6, 6.07) is 7.47. The van der Waals surface area contributed by atoms with Crippen molar-refractivity contribution in [3.8, 4) is 0 Å². The van der Waals surface area contributed by atoms with Crippen LogP contribution in [0.1, 0.15) is 50.6 Å². The van der Waals surface area contributed by atoms with E-state index >= 15 is 0 Å². The first-order valence-electron chi connectivity index (χ1n) is 13.5. The summed E-state index contributed by atoms with van der Waals surface area (Å²) in [7, 11) is 0. The van der Waals surface area contributed by atoms with E-state index < -0.39 is 41.6 Å². The molecule has 1 spiro atoms. The van der Waals surface area contributed by atoms with Crippen molar-refractivity contribution in [3.05, 3.63) is 60.2 Å². The number of nitrogens with zero attached hydrogens (tertiary/aromatic N) is 2. The SMILES string of the molecule is CCCCN1CC=C[C@]23O[C@H]4/C=C\CCCCOC(=O)[C@H]4[C@H]2C(=O)N([C@H](CO)c2ccccc2)C3C1=O. The van der Waals surface area contributed by atoms with Crippen LogP contribution in [0.25, 0.3) is 0 Å². The molecule has 5 rings (SSSR count). The second kappa shape index (κ2) is 10.8. The Balaban J connectivity index is 1.64. The van der Waals surface area contributed by atoms with Gasteiger partial charge in [-0.3, -0.25) is 14.4 Å². The van der Waals surface area contributed by atoms with E-state index in [1.54, 1.807) is 4.90 Å². The standard InChI is InChI=1S/C29H36N2O6/c1-2-3-16-30-17-11-15-29-24(23-22(37-29)14-9-4-5-10-18-36-28(23)35)26(33)31(25(29)27(30)34)21(19-32)20-12-7-6-8-13-20/h6-9,11-15,21-25,32H,2-5,10,16-19H2,1H3/b14-9-/t21-,22+,23-,24+,25?,29+/m1/s1. The zero-order chi connectivity index (χ0) is 26.0. The highest BCUT2D eigenvalue weighted by molar-refractivity contribution is 5.99. The van der Waals surface area contributed by atoms with E-state index in [1.807, 2.05) is 54.6 Å². The third kappa shape index (κ3) is 4.40. The van der Waals surface area contributed by atoms with Crippen molar-refractivity contribution < 1.29 is 29.0 Å². The molecule has 0 aliphatic carbocycles. The van der Waals surface area contributed by atoms with E-state index in [0.717, 1.165) is 37.7 Å². The number of aliphatic hydroxyl groups excluding tert-OH is 1. The molecule has 2 amide bonds. The highest BCUT2D eigenvalue weighted by Crippen LogP contribution is 2.54. The number of aliphatic hydroxyl groups is 1. The number of ether oxygens (including phenoxy) is 2. The molecule has 4 heterocycles. The molecule has 6 atom stereocenters. The Kier molecular flexibility index (Phi) is 7.49. The van der Waals surface area contributed by atoms with Gasteiger partial charge in [0.2, 0.25) is 11.8 Å². The Hall–Kier alpha value is -2.97. The molecule has 37 heavy (non-hydrogen) atoms. The minimum atomic E-state index is -1.33. The average molecular weight is 509 g/mol. The normalized spacial score (nSPS) is 33.3. The van der Waals surface area contributed by atoms with Crippen LogP contribution in [0.2, 0.25) is 0 Å². The van der Waals surface area contributed by atoms with E-state index in [4.69, 9.17) is 9.47 Å². The fourth-order valence-corrected chi connectivity index (χ4v) is 6.32. The Bertz CT molecular complexity index is 1070. The fraction of sp³-hybridized carbons (Fsp3) is 0.552. The van der Waals surface area contributed by atoms with Gasteiger partial charge in [0.05, 0.1) is 31.3 Å². The molecule has 0 bridgehead atoms. The van der Waals surface area contributed by atoms with Crippen molar-refractivity contribution >= 4 is 17.8 Å². The summed E-state index contributed by atoms with van der Waals surface area (Å²) < 4.78 is 12.3. The van der Waals surface area contributed by atoms with E-state index in [2.05, 4.69) is 6.92 Å². The van der Waals surface area contributed by atoms with E-state index in [1.165, 1.54) is 4.90 Å². The van der Waals surface area contributed by atoms with Crippen molar-refractivity contribution in [1.29, 1.82) is 0 Å². The van der Waals surface area contributed by atoms with Crippen LogP contribution in [0.15, 0.2) is 54.6 Å². The predicted molar refractivity (Wildman–Crippen MR) is 136 cm³/mol. The minimum absolute atomic E-state index is 0.218. The number of unbranched alkanes of at least 4 members (excludes halogenated alkanes) is 1. The lowest BCUT2D eigenvalue weighted by atomic mass is 9.78. The number of carbonyl (C=O) groups excluding carboxylic acids is 3. The summed E-state index contributed by atoms with van der Waals surface area (Å²) in [5.74, 6) is -2.85. The highest BCUT2D eigenvalue weighted by atomic mass is 16.6. The van der Waals surface area contributed by atoms with Gasteiger partial charge >= 0.3 is 5.97 Å². The van der Waals surface area contributed by atoms with E-state index in [9.17, 15) is 19.5 Å². The first kappa shape index (κ1) is 25.7. The van der Waals surface area contributed by atoms with Gasteiger partial charge in [-0.15, -0.1) is 0 Å². The maximum atomic E-state index is 14.4. The number of fused-ring (bicyclic) bond motifs is 2. The number of hydrogen-bond acceptors (Lipinski definition) is 6. The molecular formula is C29H36N2O6. The maximum Gasteiger partial charge on any atom is 0.312 e. The number of allylic oxidation sites excluding steroid dienone is 1. The summed E-state index contributed by atoms with van der Waals surface area (Å²) in [6.45, 7) is 2.96. The largest absolute Gasteiger partial charge is 0.465 e. The van der Waals surface area contributed by atoms with Crippen LogP contribution in [0, 0.1) is 11.8 Å². The quantitative estimate of drug-likeness (QED) is 0.469. The monoisotopic (exact) mass is 508 g/mol. The fourth-order valence-electron chi connectivity index (χ4n) is 6.32. The Morgan fingerprint density at radius 3 is 2.68 bits per heavy atom. The van der Waals surface area contributed by atoms with Crippen molar-refractivity contribution in [3.63, 3.8) is 0 Å². The van der Waals surface area contributed by atoms with Gasteiger partial charge in [0, 0.05) is 13.1 Å². The van der Waals surface area contributed by atoms with Crippen LogP contribution in [-0.2, 0) is 23.9 Å². The van der Waals surface area contributed by atoms with E-state index in [0.29, 0.717) is 19.7 Å². The first-order valence-corrected chi connectivity index (χ1v) is 13.5. The Morgan fingerprint density at radius 2 is 1.92 bits per heavy atom. The second-order valence-electron chi connectivity index (χ2n) is 10.3. The van der Waals surface area contributed by atoms with Crippen molar-refractivity contribution in [2.24, 2.45) is 11.8 Å². The zero-order valence-electron chi connectivity index (χ0n) is 21.3. The molecule has 1 aromatic carbocycles. The van der Waals surface area contributed by atoms with Gasteiger partial charge in [-0.05, 0) is 31.2 Å². The number of benzene rings is 1. The topological polar surface area (TPSA) is 96.4 Å². The van der Waals surface area contributed by atoms with Gasteiger partial charge < -0.3 is 24.4 Å². The maximum absolute atomic E-state index is 14.4. The van der Waals surface area contributed by atoms with Gasteiger partial charge in [-0.2, -0.15) is 0 Å². The first-order chi connectivity index (χ1) is 18.0. The molecule has 2 fully saturated rings. The molecule has 4 aliphatic rings. The molecular weight excluding hydrogens is 472 g/mol. The van der Waals surface area contributed by atoms with Crippen molar-refractivity contribution in [2.45, 2.75) is 62.8 Å². The molecule has 4 aliphatic heterocycles. The number of esters is 1. The number of rotatable bonds is 6. The minimum Gasteiger partial charge on any atom is -0.465 e. The molecule has 0 aromatic heterocycles. The van der Waals surface area contributed by atoms with Crippen LogP contribution < -0.4 is 0 Å². The zero-order valence-corrected chi connectivity index (χ0v) is 21.3. The van der Waals surface area contributed by atoms with Gasteiger partial charge in [0.1, 0.15) is 17.6 Å². The van der Waals surface area contributed by atoms with Gasteiger partial charge in [-0.1, -0.05) is 68.0 Å². The van der Waals surface area contributed by atoms with Gasteiger partial charge in [0.15, 0.2) is 0 Å². The number of hydrogen-bond donors (Lipinski definition) is 1. The smallest absolute Gasteiger partial charge is 0.312 e. The van der Waals surface area contributed by atoms with Crippen molar-refractivity contribution in [1.82, 2.24) is 9.80 Å². The Morgan fingerprint density at radius 1 is 1.11 bits per heavy atom. The predicted octanol–water partition coefficient (Wildman–Crippen LogP) is 2.78. The number of amides is 2. The summed E-state index contributed by atoms with van der Waals surface area (Å²) in [4.78, 5) is 45.2. The molecule has 1 N–H and O–H groups in total. The highest BCUT2D eigenvalue weighted by Gasteiger charge is 2.72. The van der Waals surface area contributed by atoms with Crippen LogP contribution >= 0.6 is 0 Å². The summed E-state index contributed by atoms with van der Waals surface area (Å²) in [5, 5.41) is 10.5. The van der Waals surface area contributed by atoms with Crippen molar-refractivity contribution in [2.75, 3.05) is 26.3 Å². The molecule has 8 nitrogen and oxygen atoms in total. The molecule has 1 unspecified atom stereocenters. The lowest BCUT2D eigenvalue weighted by molar-refractivity contribution is -0.156. The number of carbonyl (C=O) groups is 3. The number of cyclic esters (lactones) is 1. The summed E-state index contributed by atoms with van der Waals surface area (Å²) in [5.41, 5.74) is -0.607. The third-order valence-electron chi connectivity index (χ3n) is 8.10. The second-order valence-corrected chi connectivity index (χ2v) is 10.3. The molecule has 8 heteroatoms. The lowest BCUT2D eigenvalue weighted by Crippen LogP contribution is -2.56. The van der Waals surface area contributed by atoms with E-state index in [-0.39, 0.29) is 18.4 Å². The van der Waals surface area contributed by atoms with Crippen LogP contribution in [0.3, 0.4) is 0 Å². The van der Waals surface area contributed by atoms with Gasteiger partial charge in [0.25, 0.3) is 0 Å². The average Bonchev–Trinajstić information content (AvgIpc) is 3.30.